The lowest BCUT2D eigenvalue weighted by Crippen LogP contribution is -2.46. The van der Waals surface area contributed by atoms with Crippen molar-refractivity contribution in [3.05, 3.63) is 60.7 Å². The number of carbonyl (C=O) groups excluding carboxylic acids is 2. The zero-order valence-corrected chi connectivity index (χ0v) is 17.0. The van der Waals surface area contributed by atoms with Crippen LogP contribution in [0.2, 0.25) is 0 Å². The monoisotopic (exact) mass is 416 g/mol. The predicted octanol–water partition coefficient (Wildman–Crippen LogP) is 2.29. The number of ether oxygens (including phenoxy) is 1. The summed E-state index contributed by atoms with van der Waals surface area (Å²) in [4.78, 5) is 26.3. The molecule has 0 saturated carbocycles. The minimum atomic E-state index is -3.90. The van der Waals surface area contributed by atoms with Crippen molar-refractivity contribution in [2.24, 2.45) is 5.92 Å². The van der Waals surface area contributed by atoms with Crippen molar-refractivity contribution in [3.8, 4) is 0 Å². The van der Waals surface area contributed by atoms with Crippen LogP contribution in [0.25, 0.3) is 0 Å². The smallest absolute Gasteiger partial charge is 0.308 e. The fourth-order valence-corrected chi connectivity index (χ4v) is 4.82. The molecular formula is C21H24N2O5S. The number of sulfonamides is 1. The number of amides is 1. The molecule has 8 heteroatoms. The fourth-order valence-electron chi connectivity index (χ4n) is 3.38. The fraction of sp³-hybridized carbons (Fsp3) is 0.333. The van der Waals surface area contributed by atoms with Gasteiger partial charge in [-0.15, -0.1) is 0 Å². The van der Waals surface area contributed by atoms with Crippen LogP contribution >= 0.6 is 0 Å². The number of rotatable bonds is 6. The highest BCUT2D eigenvalue weighted by Gasteiger charge is 2.32. The average molecular weight is 416 g/mol. The van der Waals surface area contributed by atoms with E-state index in [1.165, 1.54) is 19.2 Å². The number of esters is 1. The largest absolute Gasteiger partial charge is 0.469 e. The summed E-state index contributed by atoms with van der Waals surface area (Å²) < 4.78 is 32.4. The van der Waals surface area contributed by atoms with Gasteiger partial charge in [-0.05, 0) is 37.1 Å². The van der Waals surface area contributed by atoms with Gasteiger partial charge in [0.25, 0.3) is 10.0 Å². The Labute approximate surface area is 170 Å². The lowest BCUT2D eigenvalue weighted by molar-refractivity contribution is -0.148. The van der Waals surface area contributed by atoms with Gasteiger partial charge in [0.15, 0.2) is 0 Å². The summed E-state index contributed by atoms with van der Waals surface area (Å²) in [5.41, 5.74) is 0.425. The van der Waals surface area contributed by atoms with Gasteiger partial charge in [0.2, 0.25) is 5.91 Å². The van der Waals surface area contributed by atoms with Crippen molar-refractivity contribution in [2.75, 3.05) is 31.0 Å². The molecule has 3 rings (SSSR count). The number of likely N-dealkylation sites (tertiary alicyclic amines) is 1. The lowest BCUT2D eigenvalue weighted by atomic mass is 9.97. The van der Waals surface area contributed by atoms with Crippen LogP contribution in [0.4, 0.5) is 5.69 Å². The molecular weight excluding hydrogens is 392 g/mol. The summed E-state index contributed by atoms with van der Waals surface area (Å²) in [7, 11) is -2.55. The van der Waals surface area contributed by atoms with Crippen molar-refractivity contribution in [1.29, 1.82) is 0 Å². The van der Waals surface area contributed by atoms with Gasteiger partial charge in [-0.25, -0.2) is 8.42 Å². The van der Waals surface area contributed by atoms with Gasteiger partial charge in [0, 0.05) is 13.1 Å². The number of para-hydroxylation sites is 1. The molecule has 1 aliphatic rings. The zero-order chi connectivity index (χ0) is 20.9. The normalized spacial score (nSPS) is 15.0. The molecule has 0 unspecified atom stereocenters. The molecule has 7 nitrogen and oxygen atoms in total. The summed E-state index contributed by atoms with van der Waals surface area (Å²) in [5, 5.41) is 0. The molecule has 0 aromatic heterocycles. The Morgan fingerprint density at radius 2 is 1.55 bits per heavy atom. The first kappa shape index (κ1) is 20.9. The molecule has 0 atom stereocenters. The summed E-state index contributed by atoms with van der Waals surface area (Å²) >= 11 is 0. The molecule has 0 radical (unpaired) electrons. The third-order valence-electron chi connectivity index (χ3n) is 5.04. The molecule has 0 spiro atoms. The molecule has 1 heterocycles. The summed E-state index contributed by atoms with van der Waals surface area (Å²) in [6, 6.07) is 16.6. The van der Waals surface area contributed by atoms with Crippen LogP contribution in [-0.4, -0.2) is 51.9 Å². The summed E-state index contributed by atoms with van der Waals surface area (Å²) in [6.07, 6.45) is 1.02. The first-order valence-electron chi connectivity index (χ1n) is 9.42. The maximum absolute atomic E-state index is 13.2. The molecule has 1 aliphatic heterocycles. The van der Waals surface area contributed by atoms with Crippen LogP contribution in [0.5, 0.6) is 0 Å². The highest BCUT2D eigenvalue weighted by molar-refractivity contribution is 7.92. The second-order valence-electron chi connectivity index (χ2n) is 6.84. The maximum Gasteiger partial charge on any atom is 0.308 e. The van der Waals surface area contributed by atoms with E-state index in [-0.39, 0.29) is 29.2 Å². The van der Waals surface area contributed by atoms with Crippen LogP contribution in [0.15, 0.2) is 65.6 Å². The Hall–Kier alpha value is -2.87. The van der Waals surface area contributed by atoms with Crippen LogP contribution in [0, 0.1) is 5.92 Å². The van der Waals surface area contributed by atoms with Gasteiger partial charge in [0.05, 0.1) is 23.6 Å². The van der Waals surface area contributed by atoms with Gasteiger partial charge >= 0.3 is 5.97 Å². The number of piperidine rings is 1. The second kappa shape index (κ2) is 9.09. The van der Waals surface area contributed by atoms with E-state index in [0.29, 0.717) is 31.6 Å². The van der Waals surface area contributed by atoms with E-state index in [2.05, 4.69) is 0 Å². The summed E-state index contributed by atoms with van der Waals surface area (Å²) in [6.45, 7) is 0.489. The van der Waals surface area contributed by atoms with Gasteiger partial charge < -0.3 is 9.64 Å². The highest BCUT2D eigenvalue weighted by atomic mass is 32.2. The minimum absolute atomic E-state index is 0.126. The van der Waals surface area contributed by atoms with E-state index in [0.717, 1.165) is 4.31 Å². The molecule has 154 valence electrons. The standard InChI is InChI=1S/C21H24N2O5S/c1-28-21(25)17-12-14-22(15-13-17)20(24)16-23(18-8-4-2-5-9-18)29(26,27)19-10-6-3-7-11-19/h2-11,17H,12-16H2,1H3. The molecule has 2 aromatic rings. The third-order valence-corrected chi connectivity index (χ3v) is 6.82. The number of carbonyl (C=O) groups is 2. The van der Waals surface area contributed by atoms with Crippen molar-refractivity contribution in [2.45, 2.75) is 17.7 Å². The maximum atomic E-state index is 13.2. The average Bonchev–Trinajstić information content (AvgIpc) is 2.78. The molecule has 0 N–H and O–H groups in total. The van der Waals surface area contributed by atoms with Gasteiger partial charge in [0.1, 0.15) is 6.54 Å². The SMILES string of the molecule is COC(=O)C1CCN(C(=O)CN(c2ccccc2)S(=O)(=O)c2ccccc2)CC1. The first-order chi connectivity index (χ1) is 13.9. The lowest BCUT2D eigenvalue weighted by Gasteiger charge is -2.33. The Balaban J connectivity index is 1.80. The number of hydrogen-bond donors (Lipinski definition) is 0. The topological polar surface area (TPSA) is 84.0 Å². The first-order valence-corrected chi connectivity index (χ1v) is 10.9. The summed E-state index contributed by atoms with van der Waals surface area (Å²) in [5.74, 6) is -0.784. The van der Waals surface area contributed by atoms with Crippen molar-refractivity contribution >= 4 is 27.6 Å². The third kappa shape index (κ3) is 4.76. The molecule has 0 bridgehead atoms. The predicted molar refractivity (Wildman–Crippen MR) is 109 cm³/mol. The van der Waals surface area contributed by atoms with E-state index in [9.17, 15) is 18.0 Å². The van der Waals surface area contributed by atoms with Crippen LogP contribution in [0.3, 0.4) is 0 Å². The van der Waals surface area contributed by atoms with Gasteiger partial charge in [-0.2, -0.15) is 0 Å². The molecule has 2 aromatic carbocycles. The van der Waals surface area contributed by atoms with Crippen LogP contribution in [-0.2, 0) is 24.3 Å². The number of anilines is 1. The van der Waals surface area contributed by atoms with E-state index in [1.54, 1.807) is 53.4 Å². The Morgan fingerprint density at radius 3 is 2.10 bits per heavy atom. The Bertz CT molecular complexity index is 940. The molecule has 29 heavy (non-hydrogen) atoms. The molecule has 1 amide bonds. The number of nitrogens with zero attached hydrogens (tertiary/aromatic N) is 2. The van der Waals surface area contributed by atoms with Crippen molar-refractivity contribution in [1.82, 2.24) is 4.90 Å². The molecule has 1 fully saturated rings. The molecule has 1 saturated heterocycles. The van der Waals surface area contributed by atoms with E-state index < -0.39 is 10.0 Å². The van der Waals surface area contributed by atoms with Crippen LogP contribution in [0.1, 0.15) is 12.8 Å². The van der Waals surface area contributed by atoms with E-state index >= 15 is 0 Å². The highest BCUT2D eigenvalue weighted by Crippen LogP contribution is 2.24. The minimum Gasteiger partial charge on any atom is -0.469 e. The van der Waals surface area contributed by atoms with E-state index in [1.807, 2.05) is 0 Å². The molecule has 0 aliphatic carbocycles. The number of benzene rings is 2. The quantitative estimate of drug-likeness (QED) is 0.675. The second-order valence-corrected chi connectivity index (χ2v) is 8.70. The van der Waals surface area contributed by atoms with Crippen molar-refractivity contribution in [3.63, 3.8) is 0 Å². The Kier molecular flexibility index (Phi) is 6.53. The van der Waals surface area contributed by atoms with Crippen molar-refractivity contribution < 1.29 is 22.7 Å². The van der Waals surface area contributed by atoms with E-state index in [4.69, 9.17) is 4.74 Å². The van der Waals surface area contributed by atoms with Crippen LogP contribution < -0.4 is 4.31 Å². The number of methoxy groups -OCH3 is 1. The number of hydrogen-bond acceptors (Lipinski definition) is 5. The zero-order valence-electron chi connectivity index (χ0n) is 16.2. The van der Waals surface area contributed by atoms with Gasteiger partial charge in [-0.1, -0.05) is 36.4 Å². The van der Waals surface area contributed by atoms with Gasteiger partial charge in [-0.3, -0.25) is 13.9 Å². The Morgan fingerprint density at radius 1 is 1.00 bits per heavy atom.